The number of benzene rings is 2. The number of phenolic OH excluding ortho intramolecular Hbond substituents is 1. The van der Waals surface area contributed by atoms with Gasteiger partial charge >= 0.3 is 6.01 Å². The first-order chi connectivity index (χ1) is 26.3. The van der Waals surface area contributed by atoms with Crippen LogP contribution in [-0.2, 0) is 9.47 Å². The van der Waals surface area contributed by atoms with Gasteiger partial charge in [-0.15, -0.1) is 6.42 Å². The average Bonchev–Trinajstić information content (AvgIpc) is 3.43. The molecule has 284 valence electrons. The lowest BCUT2D eigenvalue weighted by Gasteiger charge is -2.58. The van der Waals surface area contributed by atoms with E-state index in [9.17, 15) is 5.11 Å². The quantitative estimate of drug-likeness (QED) is 0.199. The van der Waals surface area contributed by atoms with Crippen LogP contribution >= 0.6 is 0 Å². The minimum absolute atomic E-state index is 0.0403. The molecule has 2 aliphatic carbocycles. The fraction of sp³-hybridized carbons (Fsp3) is 0.548. The van der Waals surface area contributed by atoms with Gasteiger partial charge < -0.3 is 29.0 Å². The normalized spacial score (nSPS) is 24.6. The number of piperidine rings is 1. The lowest BCUT2D eigenvalue weighted by Crippen LogP contribution is -2.61. The third-order valence-electron chi connectivity index (χ3n) is 13.1. The molecule has 2 aromatic heterocycles. The molecule has 0 amide bonds. The van der Waals surface area contributed by atoms with E-state index >= 15 is 8.78 Å². The molecule has 5 aliphatic rings. The predicted molar refractivity (Wildman–Crippen MR) is 201 cm³/mol. The molecular weight excluding hydrogens is 692 g/mol. The van der Waals surface area contributed by atoms with Gasteiger partial charge in [-0.25, -0.2) is 13.8 Å². The Balaban J connectivity index is 1.12. The van der Waals surface area contributed by atoms with Crippen LogP contribution in [0.5, 0.6) is 17.6 Å². The van der Waals surface area contributed by atoms with Crippen molar-refractivity contribution in [3.63, 3.8) is 0 Å². The molecule has 5 fully saturated rings. The molecule has 12 heteroatoms. The number of methoxy groups -OCH3 is 1. The highest BCUT2D eigenvalue weighted by molar-refractivity contribution is 6.04. The van der Waals surface area contributed by atoms with Gasteiger partial charge in [-0.3, -0.25) is 4.90 Å². The second kappa shape index (κ2) is 14.1. The zero-order chi connectivity index (χ0) is 37.0. The van der Waals surface area contributed by atoms with E-state index in [1.807, 2.05) is 4.90 Å². The first-order valence-electron chi connectivity index (χ1n) is 19.5. The fourth-order valence-electron chi connectivity index (χ4n) is 10.4. The van der Waals surface area contributed by atoms with E-state index in [1.165, 1.54) is 57.1 Å². The predicted octanol–water partition coefficient (Wildman–Crippen LogP) is 7.02. The number of likely N-dealkylation sites (tertiary alicyclic amines) is 1. The van der Waals surface area contributed by atoms with Crippen LogP contribution in [0.25, 0.3) is 32.9 Å². The number of hydrogen-bond donors (Lipinski definition) is 1. The lowest BCUT2D eigenvalue weighted by atomic mass is 9.60. The van der Waals surface area contributed by atoms with E-state index in [2.05, 4.69) is 15.8 Å². The molecule has 9 rings (SSSR count). The third kappa shape index (κ3) is 5.99. The number of fused-ring (bicyclic) bond motifs is 3. The number of aromatic hydroxyl groups is 1. The van der Waals surface area contributed by atoms with E-state index in [4.69, 9.17) is 35.3 Å². The van der Waals surface area contributed by atoms with Crippen LogP contribution in [-0.4, -0.2) is 96.8 Å². The molecule has 1 spiro atoms. The summed E-state index contributed by atoms with van der Waals surface area (Å²) in [5.74, 6) is 1.38. The first-order valence-corrected chi connectivity index (χ1v) is 19.5. The number of nitrogens with zero attached hydrogens (tertiary/aromatic N) is 5. The standard InChI is InChI=1S/C42H47F2N5O5/c1-3-29-31(43)9-8-26-21-28(50)22-30(33(26)29)36-35(44)37-34(39(45-36)51-2)38(48-14-6-17-52-20-16-48)47-40(46-37)54-25-42-10-4-7-32(42)49(15-5-11-42)27-23-41(24-27)12-18-53-19-13-41/h1,8-9,21-22,27,32,50H,4-7,10-20,23-25H2,2H3/t32?,42-/m1/s1. The molecule has 3 saturated heterocycles. The Labute approximate surface area is 314 Å². The molecule has 2 aromatic carbocycles. The largest absolute Gasteiger partial charge is 0.508 e. The highest BCUT2D eigenvalue weighted by Gasteiger charge is 2.54. The summed E-state index contributed by atoms with van der Waals surface area (Å²) in [5, 5.41) is 11.7. The van der Waals surface area contributed by atoms with E-state index in [0.29, 0.717) is 67.0 Å². The molecule has 0 bridgehead atoms. The highest BCUT2D eigenvalue weighted by atomic mass is 19.1. The monoisotopic (exact) mass is 739 g/mol. The summed E-state index contributed by atoms with van der Waals surface area (Å²) in [6.07, 6.45) is 16.9. The number of anilines is 1. The summed E-state index contributed by atoms with van der Waals surface area (Å²) >= 11 is 0. The van der Waals surface area contributed by atoms with Gasteiger partial charge in [-0.2, -0.15) is 9.97 Å². The number of phenols is 1. The maximum atomic E-state index is 17.3. The molecule has 2 saturated carbocycles. The van der Waals surface area contributed by atoms with Gasteiger partial charge in [0, 0.05) is 61.4 Å². The molecule has 54 heavy (non-hydrogen) atoms. The molecule has 4 aromatic rings. The van der Waals surface area contributed by atoms with Crippen molar-refractivity contribution in [3.8, 4) is 41.2 Å². The Bertz CT molecular complexity index is 2120. The van der Waals surface area contributed by atoms with Gasteiger partial charge in [0.25, 0.3) is 0 Å². The Morgan fingerprint density at radius 3 is 2.57 bits per heavy atom. The number of halogens is 2. The Morgan fingerprint density at radius 1 is 0.944 bits per heavy atom. The van der Waals surface area contributed by atoms with E-state index in [1.54, 1.807) is 0 Å². The van der Waals surface area contributed by atoms with Crippen molar-refractivity contribution in [1.82, 2.24) is 19.9 Å². The van der Waals surface area contributed by atoms with Crippen LogP contribution in [0, 0.1) is 34.8 Å². The maximum absolute atomic E-state index is 17.3. The van der Waals surface area contributed by atoms with Gasteiger partial charge in [-0.05, 0) is 93.3 Å². The SMILES string of the molecule is C#Cc1c(F)ccc2cc(O)cc(-c3nc(OC)c4c(N5CCCOCC5)nc(OC[C@]56CCCC5N(C5CC7(CCOCC7)C5)CCC6)nc4c3F)c12. The average molecular weight is 740 g/mol. The van der Waals surface area contributed by atoms with E-state index in [0.717, 1.165) is 58.3 Å². The first kappa shape index (κ1) is 35.4. The van der Waals surface area contributed by atoms with Crippen molar-refractivity contribution in [2.75, 3.05) is 64.7 Å². The van der Waals surface area contributed by atoms with Crippen LogP contribution in [0.15, 0.2) is 24.3 Å². The summed E-state index contributed by atoms with van der Waals surface area (Å²) in [6.45, 7) is 5.54. The molecule has 10 nitrogen and oxygen atoms in total. The number of rotatable bonds is 7. The van der Waals surface area contributed by atoms with Crippen molar-refractivity contribution < 1.29 is 32.8 Å². The number of hydrogen-bond acceptors (Lipinski definition) is 10. The molecule has 3 aliphatic heterocycles. The van der Waals surface area contributed by atoms with Gasteiger partial charge in [0.15, 0.2) is 5.82 Å². The summed E-state index contributed by atoms with van der Waals surface area (Å²) in [7, 11) is 1.45. The van der Waals surface area contributed by atoms with Gasteiger partial charge in [-0.1, -0.05) is 18.4 Å². The van der Waals surface area contributed by atoms with Gasteiger partial charge in [0.1, 0.15) is 34.0 Å². The molecule has 0 radical (unpaired) electrons. The van der Waals surface area contributed by atoms with Crippen molar-refractivity contribution >= 4 is 27.5 Å². The molecule has 1 unspecified atom stereocenters. The zero-order valence-electron chi connectivity index (χ0n) is 30.8. The van der Waals surface area contributed by atoms with Crippen LogP contribution in [0.1, 0.15) is 69.8 Å². The Hall–Kier alpha value is -4.31. The Morgan fingerprint density at radius 2 is 1.76 bits per heavy atom. The minimum atomic E-state index is -0.780. The van der Waals surface area contributed by atoms with Crippen molar-refractivity contribution in [3.05, 3.63) is 41.5 Å². The topological polar surface area (TPSA) is 102 Å². The molecule has 5 heterocycles. The molecule has 2 atom stereocenters. The number of aromatic nitrogens is 3. The summed E-state index contributed by atoms with van der Waals surface area (Å²) in [6, 6.07) is 6.63. The summed E-state index contributed by atoms with van der Waals surface area (Å²) < 4.78 is 56.3. The van der Waals surface area contributed by atoms with Crippen LogP contribution < -0.4 is 14.4 Å². The van der Waals surface area contributed by atoms with Gasteiger partial charge in [0.05, 0.1) is 25.9 Å². The second-order valence-corrected chi connectivity index (χ2v) is 16.0. The number of pyridine rings is 1. The maximum Gasteiger partial charge on any atom is 0.319 e. The minimum Gasteiger partial charge on any atom is -0.508 e. The lowest BCUT2D eigenvalue weighted by molar-refractivity contribution is -0.112. The van der Waals surface area contributed by atoms with Crippen molar-refractivity contribution in [1.29, 1.82) is 0 Å². The summed E-state index contributed by atoms with van der Waals surface area (Å²) in [5.41, 5.74) is 0.246. The van der Waals surface area contributed by atoms with Crippen LogP contribution in [0.2, 0.25) is 0 Å². The second-order valence-electron chi connectivity index (χ2n) is 16.0. The smallest absolute Gasteiger partial charge is 0.319 e. The van der Waals surface area contributed by atoms with Gasteiger partial charge in [0.2, 0.25) is 5.88 Å². The van der Waals surface area contributed by atoms with E-state index < -0.39 is 11.6 Å². The van der Waals surface area contributed by atoms with Crippen LogP contribution in [0.4, 0.5) is 14.6 Å². The number of terminal acetylenes is 1. The molecule has 1 N–H and O–H groups in total. The van der Waals surface area contributed by atoms with Crippen molar-refractivity contribution in [2.45, 2.75) is 76.3 Å². The third-order valence-corrected chi connectivity index (χ3v) is 13.1. The van der Waals surface area contributed by atoms with Crippen LogP contribution in [0.3, 0.4) is 0 Å². The van der Waals surface area contributed by atoms with E-state index in [-0.39, 0.29) is 50.8 Å². The zero-order valence-corrected chi connectivity index (χ0v) is 30.8. The highest BCUT2D eigenvalue weighted by Crippen LogP contribution is 2.56. The number of ether oxygens (including phenoxy) is 4. The molecular formula is C42H47F2N5O5. The summed E-state index contributed by atoms with van der Waals surface area (Å²) in [4.78, 5) is 19.2. The fourth-order valence-corrected chi connectivity index (χ4v) is 10.4. The Kier molecular flexibility index (Phi) is 9.23. The van der Waals surface area contributed by atoms with Crippen molar-refractivity contribution in [2.24, 2.45) is 10.8 Å².